The van der Waals surface area contributed by atoms with Crippen LogP contribution in [-0.4, -0.2) is 20.8 Å². The van der Waals surface area contributed by atoms with Gasteiger partial charge in [0.05, 0.1) is 33.6 Å². The van der Waals surface area contributed by atoms with Crippen molar-refractivity contribution < 1.29 is 8.42 Å². The van der Waals surface area contributed by atoms with E-state index in [9.17, 15) is 8.42 Å². The average molecular weight is 483 g/mol. The maximum atomic E-state index is 13.0. The summed E-state index contributed by atoms with van der Waals surface area (Å²) in [7, 11) is -3.64. The number of hydrogen-bond donors (Lipinski definition) is 2. The van der Waals surface area contributed by atoms with E-state index < -0.39 is 9.84 Å². The third kappa shape index (κ3) is 6.43. The van der Waals surface area contributed by atoms with Crippen LogP contribution in [0.3, 0.4) is 0 Å². The molecule has 0 unspecified atom stereocenters. The fraction of sp³-hybridized carbons (Fsp3) is 0.0714. The van der Waals surface area contributed by atoms with Gasteiger partial charge in [0.1, 0.15) is 0 Å². The standard InChI is InChI=1S/C28H26N4O2S/c1-21-3-7-23(8-4-21)19-29-31-25-11-15-27(16-12-25)35(33,34)28-17-13-26(14-18-28)32-30-20-24-9-5-22(2)6-10-24/h3-20,31-32H,1-2H3/b29-19-,30-20+. The lowest BCUT2D eigenvalue weighted by Gasteiger charge is -2.07. The van der Waals surface area contributed by atoms with Gasteiger partial charge in [-0.15, -0.1) is 0 Å². The van der Waals surface area contributed by atoms with Crippen molar-refractivity contribution in [2.45, 2.75) is 23.6 Å². The monoisotopic (exact) mass is 482 g/mol. The van der Waals surface area contributed by atoms with Crippen LogP contribution in [0, 0.1) is 13.8 Å². The Balaban J connectivity index is 1.37. The molecule has 0 radical (unpaired) electrons. The van der Waals surface area contributed by atoms with E-state index in [1.807, 2.05) is 62.4 Å². The third-order valence-corrected chi connectivity index (χ3v) is 7.08. The molecule has 0 fully saturated rings. The summed E-state index contributed by atoms with van der Waals surface area (Å²) in [5.41, 5.74) is 11.5. The van der Waals surface area contributed by atoms with Crippen LogP contribution in [-0.2, 0) is 9.84 Å². The smallest absolute Gasteiger partial charge is 0.206 e. The quantitative estimate of drug-likeness (QED) is 0.237. The van der Waals surface area contributed by atoms with E-state index in [2.05, 4.69) is 21.1 Å². The van der Waals surface area contributed by atoms with Crippen molar-refractivity contribution in [2.75, 3.05) is 10.9 Å². The van der Waals surface area contributed by atoms with Crippen molar-refractivity contribution in [1.29, 1.82) is 0 Å². The summed E-state index contributed by atoms with van der Waals surface area (Å²) in [6.45, 7) is 4.06. The molecule has 0 bridgehead atoms. The molecule has 0 aromatic heterocycles. The zero-order valence-electron chi connectivity index (χ0n) is 19.5. The van der Waals surface area contributed by atoms with Crippen LogP contribution in [0.15, 0.2) is 117 Å². The van der Waals surface area contributed by atoms with E-state index >= 15 is 0 Å². The first kappa shape index (κ1) is 23.9. The lowest BCUT2D eigenvalue weighted by Crippen LogP contribution is -2.02. The second-order valence-corrected chi connectivity index (χ2v) is 10.1. The number of benzene rings is 4. The first-order chi connectivity index (χ1) is 16.9. The fourth-order valence-electron chi connectivity index (χ4n) is 3.22. The van der Waals surface area contributed by atoms with Gasteiger partial charge in [-0.3, -0.25) is 10.9 Å². The molecule has 0 saturated carbocycles. The van der Waals surface area contributed by atoms with E-state index in [-0.39, 0.29) is 9.79 Å². The van der Waals surface area contributed by atoms with E-state index in [0.29, 0.717) is 11.4 Å². The van der Waals surface area contributed by atoms with E-state index in [4.69, 9.17) is 0 Å². The molecule has 4 aromatic carbocycles. The Hall–Kier alpha value is -4.23. The summed E-state index contributed by atoms with van der Waals surface area (Å²) in [6, 6.07) is 29.0. The van der Waals surface area contributed by atoms with Crippen LogP contribution in [0.5, 0.6) is 0 Å². The number of sulfone groups is 1. The molecule has 0 amide bonds. The summed E-state index contributed by atoms with van der Waals surface area (Å²) in [4.78, 5) is 0.423. The summed E-state index contributed by atoms with van der Waals surface area (Å²) < 4.78 is 26.0. The molecule has 2 N–H and O–H groups in total. The van der Waals surface area contributed by atoms with Gasteiger partial charge in [0.15, 0.2) is 0 Å². The maximum Gasteiger partial charge on any atom is 0.206 e. The van der Waals surface area contributed by atoms with E-state index in [1.165, 1.54) is 11.1 Å². The van der Waals surface area contributed by atoms with Crippen molar-refractivity contribution >= 4 is 33.6 Å². The summed E-state index contributed by atoms with van der Waals surface area (Å²) in [6.07, 6.45) is 3.43. The van der Waals surface area contributed by atoms with E-state index in [1.54, 1.807) is 61.0 Å². The van der Waals surface area contributed by atoms with Gasteiger partial charge in [0.2, 0.25) is 9.84 Å². The maximum absolute atomic E-state index is 13.0. The van der Waals surface area contributed by atoms with Crippen molar-refractivity contribution in [3.8, 4) is 0 Å². The number of hydrogen-bond acceptors (Lipinski definition) is 6. The molecule has 0 spiro atoms. The van der Waals surface area contributed by atoms with E-state index in [0.717, 1.165) is 11.1 Å². The molecule has 4 rings (SSSR count). The van der Waals surface area contributed by atoms with Gasteiger partial charge < -0.3 is 0 Å². The Kier molecular flexibility index (Phi) is 7.38. The molecule has 6 nitrogen and oxygen atoms in total. The average Bonchev–Trinajstić information content (AvgIpc) is 2.87. The molecule has 0 aliphatic carbocycles. The second kappa shape index (κ2) is 10.8. The zero-order valence-corrected chi connectivity index (χ0v) is 20.3. The van der Waals surface area contributed by atoms with Crippen LogP contribution in [0.25, 0.3) is 0 Å². The molecule has 0 aliphatic rings. The molecular formula is C28H26N4O2S. The number of nitrogens with zero attached hydrogens (tertiary/aromatic N) is 2. The first-order valence-corrected chi connectivity index (χ1v) is 12.6. The van der Waals surface area contributed by atoms with Crippen LogP contribution >= 0.6 is 0 Å². The Labute approximate surface area is 206 Å². The molecule has 7 heteroatoms. The molecule has 176 valence electrons. The highest BCUT2D eigenvalue weighted by atomic mass is 32.2. The van der Waals surface area contributed by atoms with Gasteiger partial charge in [0.25, 0.3) is 0 Å². The summed E-state index contributed by atoms with van der Waals surface area (Å²) in [5.74, 6) is 0. The van der Waals surface area contributed by atoms with Crippen LogP contribution in [0.2, 0.25) is 0 Å². The highest BCUT2D eigenvalue weighted by Crippen LogP contribution is 2.24. The molecule has 0 aliphatic heterocycles. The lowest BCUT2D eigenvalue weighted by molar-refractivity contribution is 0.596. The van der Waals surface area contributed by atoms with Gasteiger partial charge in [-0.25, -0.2) is 8.42 Å². The van der Waals surface area contributed by atoms with Crippen molar-refractivity contribution in [2.24, 2.45) is 10.2 Å². The third-order valence-electron chi connectivity index (χ3n) is 5.30. The highest BCUT2D eigenvalue weighted by molar-refractivity contribution is 7.91. The van der Waals surface area contributed by atoms with Crippen LogP contribution < -0.4 is 10.9 Å². The minimum absolute atomic E-state index is 0.212. The molecule has 4 aromatic rings. The molecule has 35 heavy (non-hydrogen) atoms. The number of hydrazone groups is 2. The van der Waals surface area contributed by atoms with Crippen LogP contribution in [0.4, 0.5) is 11.4 Å². The lowest BCUT2D eigenvalue weighted by atomic mass is 10.2. The molecular weight excluding hydrogens is 456 g/mol. The number of anilines is 2. The van der Waals surface area contributed by atoms with Gasteiger partial charge >= 0.3 is 0 Å². The van der Waals surface area contributed by atoms with Gasteiger partial charge in [-0.05, 0) is 73.5 Å². The minimum Gasteiger partial charge on any atom is -0.279 e. The number of rotatable bonds is 8. The fourth-order valence-corrected chi connectivity index (χ4v) is 4.48. The molecule has 0 atom stereocenters. The van der Waals surface area contributed by atoms with Gasteiger partial charge in [-0.1, -0.05) is 59.7 Å². The highest BCUT2D eigenvalue weighted by Gasteiger charge is 2.17. The molecule has 0 saturated heterocycles. The van der Waals surface area contributed by atoms with Gasteiger partial charge in [-0.2, -0.15) is 10.2 Å². The first-order valence-electron chi connectivity index (χ1n) is 11.1. The van der Waals surface area contributed by atoms with Crippen molar-refractivity contribution in [3.05, 3.63) is 119 Å². The SMILES string of the molecule is Cc1ccc(/C=N\Nc2ccc(S(=O)(=O)c3ccc(N/N=C/c4ccc(C)cc4)cc3)cc2)cc1. The summed E-state index contributed by atoms with van der Waals surface area (Å²) in [5, 5.41) is 8.41. The Morgan fingerprint density at radius 1 is 0.543 bits per heavy atom. The predicted octanol–water partition coefficient (Wildman–Crippen LogP) is 6.03. The topological polar surface area (TPSA) is 82.9 Å². The van der Waals surface area contributed by atoms with Crippen LogP contribution in [0.1, 0.15) is 22.3 Å². The second-order valence-electron chi connectivity index (χ2n) is 8.11. The molecule has 0 heterocycles. The zero-order chi connectivity index (χ0) is 24.7. The number of aryl methyl sites for hydroxylation is 2. The Morgan fingerprint density at radius 3 is 1.23 bits per heavy atom. The predicted molar refractivity (Wildman–Crippen MR) is 143 cm³/mol. The van der Waals surface area contributed by atoms with Crippen molar-refractivity contribution in [1.82, 2.24) is 0 Å². The largest absolute Gasteiger partial charge is 0.279 e. The number of nitrogens with one attached hydrogen (secondary N) is 2. The van der Waals surface area contributed by atoms with Crippen molar-refractivity contribution in [3.63, 3.8) is 0 Å². The summed E-state index contributed by atoms with van der Waals surface area (Å²) >= 11 is 0. The normalized spacial score (nSPS) is 11.7. The van der Waals surface area contributed by atoms with Gasteiger partial charge in [0, 0.05) is 0 Å². The minimum atomic E-state index is -3.64. The Bertz CT molecular complexity index is 1320. The Morgan fingerprint density at radius 2 is 0.886 bits per heavy atom.